The summed E-state index contributed by atoms with van der Waals surface area (Å²) < 4.78 is 62.8. The Kier molecular flexibility index (Phi) is 6.42. The Morgan fingerprint density at radius 1 is 1.18 bits per heavy atom. The molecule has 2 atom stereocenters. The number of fused-ring (bicyclic) bond motifs is 1. The standard InChI is InChI=1S/C27H26F3N3O7/c1-31-10-12-6-16(37-2)23(39-4)22(38-3)14(12)7-18(35)33-11-13-9-26(13)17(33)8-15(34)21-20(26)19(25(36)40-5)24(32-21)27(28,29)30/h6,8,10,13,32H,7,9,11H2,1-5H3/t13?,26-/m0/s1. The maximum atomic E-state index is 13.9. The van der Waals surface area contributed by atoms with Gasteiger partial charge in [0.25, 0.3) is 0 Å². The third kappa shape index (κ3) is 3.78. The predicted octanol–water partition coefficient (Wildman–Crippen LogP) is 3.32. The number of likely N-dealkylation sites (tertiary alicyclic amines) is 1. The van der Waals surface area contributed by atoms with Crippen LogP contribution in [-0.2, 0) is 27.5 Å². The second kappa shape index (κ2) is 9.42. The van der Waals surface area contributed by atoms with Gasteiger partial charge in [-0.1, -0.05) is 0 Å². The van der Waals surface area contributed by atoms with Crippen LogP contribution in [0.15, 0.2) is 22.8 Å². The zero-order valence-corrected chi connectivity index (χ0v) is 22.3. The number of H-pyrrole nitrogens is 1. The van der Waals surface area contributed by atoms with E-state index < -0.39 is 40.5 Å². The Morgan fingerprint density at radius 2 is 1.88 bits per heavy atom. The lowest BCUT2D eigenvalue weighted by Gasteiger charge is -2.29. The van der Waals surface area contributed by atoms with Crippen LogP contribution >= 0.6 is 0 Å². The molecular formula is C27H26F3N3O7. The number of esters is 1. The summed E-state index contributed by atoms with van der Waals surface area (Å²) in [5.41, 5.74) is -2.26. The maximum Gasteiger partial charge on any atom is 0.432 e. The van der Waals surface area contributed by atoms with Crippen LogP contribution in [0.3, 0.4) is 0 Å². The minimum absolute atomic E-state index is 0.0584. The number of halogens is 3. The number of hydrogen-bond acceptors (Lipinski definition) is 8. The van der Waals surface area contributed by atoms with Crippen molar-refractivity contribution in [2.45, 2.75) is 24.4 Å². The molecule has 1 N–H and O–H groups in total. The van der Waals surface area contributed by atoms with Crippen molar-refractivity contribution in [2.75, 3.05) is 42.0 Å². The molecule has 0 bridgehead atoms. The molecule has 1 saturated heterocycles. The number of nitrogens with one attached hydrogen (secondary N) is 1. The summed E-state index contributed by atoms with van der Waals surface area (Å²) in [5.74, 6) is -1.77. The molecule has 5 rings (SSSR count). The van der Waals surface area contributed by atoms with Crippen LogP contribution in [0.5, 0.6) is 17.2 Å². The second-order valence-corrected chi connectivity index (χ2v) is 9.66. The number of alkyl halides is 3. The van der Waals surface area contributed by atoms with E-state index in [0.29, 0.717) is 23.3 Å². The number of allylic oxidation sites excluding steroid dienone is 2. The highest BCUT2D eigenvalue weighted by Crippen LogP contribution is 2.68. The lowest BCUT2D eigenvalue weighted by Crippen LogP contribution is -2.35. The third-order valence-corrected chi connectivity index (χ3v) is 7.75. The number of aliphatic imine (C=N–C) groups is 1. The van der Waals surface area contributed by atoms with Crippen molar-refractivity contribution >= 4 is 23.9 Å². The Morgan fingerprint density at radius 3 is 2.45 bits per heavy atom. The van der Waals surface area contributed by atoms with Gasteiger partial charge in [0.15, 0.2) is 11.5 Å². The van der Waals surface area contributed by atoms with Gasteiger partial charge >= 0.3 is 12.1 Å². The molecule has 13 heteroatoms. The SMILES string of the molecule is CN=Cc1cc(OC)c(OC)c(OC)c1CC(=O)N1CC2C[C@@]23C1=CC(=O)c1[nH]c(C(F)(F)F)c(C(=O)OC)c13. The van der Waals surface area contributed by atoms with Crippen molar-refractivity contribution in [2.24, 2.45) is 10.9 Å². The topological polar surface area (TPSA) is 120 Å². The number of rotatable bonds is 7. The summed E-state index contributed by atoms with van der Waals surface area (Å²) in [5, 5.41) is 0. The molecule has 40 heavy (non-hydrogen) atoms. The maximum absolute atomic E-state index is 13.9. The summed E-state index contributed by atoms with van der Waals surface area (Å²) in [7, 11) is 6.84. The molecule has 0 radical (unpaired) electrons. The van der Waals surface area contributed by atoms with E-state index in [1.807, 2.05) is 0 Å². The fraction of sp³-hybridized carbons (Fsp3) is 0.407. The number of carbonyl (C=O) groups excluding carboxylic acids is 3. The van der Waals surface area contributed by atoms with E-state index in [1.165, 1.54) is 38.5 Å². The molecule has 3 aliphatic rings. The summed E-state index contributed by atoms with van der Waals surface area (Å²) in [6.45, 7) is 0.164. The molecule has 2 heterocycles. The van der Waals surface area contributed by atoms with E-state index in [1.54, 1.807) is 13.1 Å². The van der Waals surface area contributed by atoms with Crippen LogP contribution in [0.25, 0.3) is 0 Å². The predicted molar refractivity (Wildman–Crippen MR) is 134 cm³/mol. The molecule has 1 unspecified atom stereocenters. The van der Waals surface area contributed by atoms with Crippen molar-refractivity contribution in [1.82, 2.24) is 9.88 Å². The summed E-state index contributed by atoms with van der Waals surface area (Å²) in [4.78, 5) is 47.1. The Hall–Kier alpha value is -4.29. The molecule has 1 aromatic carbocycles. The van der Waals surface area contributed by atoms with Crippen LogP contribution in [0.4, 0.5) is 13.2 Å². The number of amides is 1. The van der Waals surface area contributed by atoms with Crippen molar-refractivity contribution in [1.29, 1.82) is 0 Å². The lowest BCUT2D eigenvalue weighted by atomic mass is 9.82. The number of ether oxygens (including phenoxy) is 4. The minimum atomic E-state index is -4.93. The van der Waals surface area contributed by atoms with E-state index >= 15 is 0 Å². The van der Waals surface area contributed by atoms with Gasteiger partial charge in [-0.15, -0.1) is 0 Å². The van der Waals surface area contributed by atoms with Gasteiger partial charge in [0.05, 0.1) is 46.1 Å². The molecule has 1 saturated carbocycles. The summed E-state index contributed by atoms with van der Waals surface area (Å²) in [6, 6.07) is 1.65. The largest absolute Gasteiger partial charge is 0.493 e. The molecule has 2 aliphatic carbocycles. The average Bonchev–Trinajstić information content (AvgIpc) is 3.29. The minimum Gasteiger partial charge on any atom is -0.493 e. The number of carbonyl (C=O) groups is 3. The van der Waals surface area contributed by atoms with Crippen LogP contribution in [0.2, 0.25) is 0 Å². The number of hydrogen-bond donors (Lipinski definition) is 1. The van der Waals surface area contributed by atoms with Gasteiger partial charge < -0.3 is 28.8 Å². The van der Waals surface area contributed by atoms with Crippen molar-refractivity contribution in [3.63, 3.8) is 0 Å². The van der Waals surface area contributed by atoms with Crippen LogP contribution in [0.1, 0.15) is 49.7 Å². The number of benzene rings is 1. The highest BCUT2D eigenvalue weighted by atomic mass is 19.4. The van der Waals surface area contributed by atoms with Gasteiger partial charge in [-0.25, -0.2) is 4.79 Å². The quantitative estimate of drug-likeness (QED) is 0.407. The van der Waals surface area contributed by atoms with Crippen LogP contribution in [-0.4, -0.2) is 75.8 Å². The highest BCUT2D eigenvalue weighted by molar-refractivity contribution is 6.11. The number of piperidine rings is 1. The van der Waals surface area contributed by atoms with E-state index in [-0.39, 0.29) is 47.3 Å². The van der Waals surface area contributed by atoms with Gasteiger partial charge in [-0.2, -0.15) is 13.2 Å². The lowest BCUT2D eigenvalue weighted by molar-refractivity contribution is -0.141. The van der Waals surface area contributed by atoms with Crippen LogP contribution < -0.4 is 14.2 Å². The zero-order chi connectivity index (χ0) is 29.1. The first kappa shape index (κ1) is 27.3. The van der Waals surface area contributed by atoms with Gasteiger partial charge in [0.1, 0.15) is 5.69 Å². The molecule has 2 fully saturated rings. The van der Waals surface area contributed by atoms with Crippen LogP contribution in [0, 0.1) is 5.92 Å². The second-order valence-electron chi connectivity index (χ2n) is 9.66. The number of methoxy groups -OCH3 is 4. The molecule has 10 nitrogen and oxygen atoms in total. The van der Waals surface area contributed by atoms with E-state index in [0.717, 1.165) is 7.11 Å². The number of nitrogens with zero attached hydrogens (tertiary/aromatic N) is 2. The van der Waals surface area contributed by atoms with Gasteiger partial charge in [-0.3, -0.25) is 14.6 Å². The molecule has 212 valence electrons. The molecule has 1 spiro atoms. The smallest absolute Gasteiger partial charge is 0.432 e. The van der Waals surface area contributed by atoms with Crippen molar-refractivity contribution < 1.29 is 46.5 Å². The van der Waals surface area contributed by atoms with Gasteiger partial charge in [0.2, 0.25) is 17.4 Å². The number of ketones is 1. The average molecular weight is 562 g/mol. The molecule has 1 aliphatic heterocycles. The fourth-order valence-corrected chi connectivity index (χ4v) is 6.06. The molecule has 1 amide bonds. The van der Waals surface area contributed by atoms with E-state index in [9.17, 15) is 27.6 Å². The van der Waals surface area contributed by atoms with E-state index in [4.69, 9.17) is 14.2 Å². The molecule has 2 aromatic rings. The monoisotopic (exact) mass is 561 g/mol. The summed E-state index contributed by atoms with van der Waals surface area (Å²) in [6.07, 6.45) is -2.03. The number of aromatic amines is 1. The third-order valence-electron chi connectivity index (χ3n) is 7.75. The first-order valence-electron chi connectivity index (χ1n) is 12.2. The highest BCUT2D eigenvalue weighted by Gasteiger charge is 2.69. The molecule has 1 aromatic heterocycles. The first-order valence-corrected chi connectivity index (χ1v) is 12.2. The van der Waals surface area contributed by atoms with Gasteiger partial charge in [-0.05, 0) is 18.4 Å². The Bertz CT molecular complexity index is 1510. The normalized spacial score (nSPS) is 21.0. The van der Waals surface area contributed by atoms with Gasteiger partial charge in [0, 0.05) is 53.7 Å². The number of aromatic nitrogens is 1. The first-order chi connectivity index (χ1) is 19.0. The fourth-order valence-electron chi connectivity index (χ4n) is 6.06. The zero-order valence-electron chi connectivity index (χ0n) is 22.3. The molecular weight excluding hydrogens is 535 g/mol. The Balaban J connectivity index is 1.58. The Labute approximate surface area is 226 Å². The van der Waals surface area contributed by atoms with E-state index in [2.05, 4.69) is 14.7 Å². The summed E-state index contributed by atoms with van der Waals surface area (Å²) >= 11 is 0. The van der Waals surface area contributed by atoms with Crippen molar-refractivity contribution in [3.8, 4) is 17.2 Å². The van der Waals surface area contributed by atoms with Crippen molar-refractivity contribution in [3.05, 3.63) is 51.5 Å².